The van der Waals surface area contributed by atoms with Crippen LogP contribution in [0.2, 0.25) is 0 Å². The first-order chi connectivity index (χ1) is 4.95. The molecule has 0 radical (unpaired) electrons. The SMILES string of the molecule is C1=CC(SC2CC2)=CCC1. The molecule has 0 aromatic carbocycles. The summed E-state index contributed by atoms with van der Waals surface area (Å²) in [6.45, 7) is 0. The van der Waals surface area contributed by atoms with Crippen LogP contribution in [0.4, 0.5) is 0 Å². The fraction of sp³-hybridized carbons (Fsp3) is 0.556. The maximum atomic E-state index is 2.36. The van der Waals surface area contributed by atoms with Crippen molar-refractivity contribution in [2.45, 2.75) is 30.9 Å². The summed E-state index contributed by atoms with van der Waals surface area (Å²) in [4.78, 5) is 1.51. The van der Waals surface area contributed by atoms with Gasteiger partial charge in [0.15, 0.2) is 0 Å². The quantitative estimate of drug-likeness (QED) is 0.586. The lowest BCUT2D eigenvalue weighted by Crippen LogP contribution is -1.81. The van der Waals surface area contributed by atoms with Gasteiger partial charge in [0.05, 0.1) is 0 Å². The zero-order valence-corrected chi connectivity index (χ0v) is 6.86. The molecule has 1 heteroatoms. The molecule has 0 spiro atoms. The molecule has 0 amide bonds. The van der Waals surface area contributed by atoms with Crippen molar-refractivity contribution in [1.29, 1.82) is 0 Å². The van der Waals surface area contributed by atoms with Crippen molar-refractivity contribution in [3.05, 3.63) is 23.1 Å². The molecule has 0 atom stereocenters. The van der Waals surface area contributed by atoms with Crippen LogP contribution in [0.1, 0.15) is 25.7 Å². The second-order valence-corrected chi connectivity index (χ2v) is 4.28. The number of allylic oxidation sites excluding steroid dienone is 3. The second kappa shape index (κ2) is 2.83. The van der Waals surface area contributed by atoms with Crippen molar-refractivity contribution in [2.75, 3.05) is 0 Å². The summed E-state index contributed by atoms with van der Waals surface area (Å²) >= 11 is 2.06. The van der Waals surface area contributed by atoms with Crippen LogP contribution in [0.3, 0.4) is 0 Å². The second-order valence-electron chi connectivity index (χ2n) is 2.90. The molecule has 10 heavy (non-hydrogen) atoms. The molecule has 0 nitrogen and oxygen atoms in total. The molecule has 2 aliphatic rings. The molecule has 0 unspecified atom stereocenters. The van der Waals surface area contributed by atoms with E-state index in [4.69, 9.17) is 0 Å². The number of hydrogen-bond acceptors (Lipinski definition) is 1. The average Bonchev–Trinajstić information content (AvgIpc) is 2.74. The third-order valence-corrected chi connectivity index (χ3v) is 3.17. The van der Waals surface area contributed by atoms with Gasteiger partial charge >= 0.3 is 0 Å². The zero-order valence-electron chi connectivity index (χ0n) is 6.05. The lowest BCUT2D eigenvalue weighted by atomic mass is 10.2. The third kappa shape index (κ3) is 1.66. The van der Waals surface area contributed by atoms with Gasteiger partial charge < -0.3 is 0 Å². The van der Waals surface area contributed by atoms with E-state index in [1.165, 1.54) is 30.6 Å². The van der Waals surface area contributed by atoms with Crippen LogP contribution in [0, 0.1) is 0 Å². The Morgan fingerprint density at radius 1 is 1.30 bits per heavy atom. The summed E-state index contributed by atoms with van der Waals surface area (Å²) in [5, 5.41) is 0.967. The van der Waals surface area contributed by atoms with E-state index in [1.54, 1.807) is 0 Å². The lowest BCUT2D eigenvalue weighted by Gasteiger charge is -2.03. The zero-order chi connectivity index (χ0) is 6.81. The van der Waals surface area contributed by atoms with Gasteiger partial charge in [-0.2, -0.15) is 0 Å². The van der Waals surface area contributed by atoms with Crippen molar-refractivity contribution in [1.82, 2.24) is 0 Å². The fourth-order valence-electron chi connectivity index (χ4n) is 1.06. The minimum atomic E-state index is 0.967. The summed E-state index contributed by atoms with van der Waals surface area (Å²) < 4.78 is 0. The highest BCUT2D eigenvalue weighted by Crippen LogP contribution is 2.39. The van der Waals surface area contributed by atoms with Gasteiger partial charge in [-0.3, -0.25) is 0 Å². The number of thioether (sulfide) groups is 1. The third-order valence-electron chi connectivity index (χ3n) is 1.79. The summed E-state index contributed by atoms with van der Waals surface area (Å²) in [7, 11) is 0. The van der Waals surface area contributed by atoms with Gasteiger partial charge in [-0.15, -0.1) is 11.8 Å². The van der Waals surface area contributed by atoms with E-state index in [9.17, 15) is 0 Å². The Bertz CT molecular complexity index is 175. The topological polar surface area (TPSA) is 0 Å². The Morgan fingerprint density at radius 3 is 2.80 bits per heavy atom. The van der Waals surface area contributed by atoms with Crippen LogP contribution in [-0.2, 0) is 0 Å². The van der Waals surface area contributed by atoms with Crippen LogP contribution in [0.5, 0.6) is 0 Å². The maximum Gasteiger partial charge on any atom is 0.00950 e. The van der Waals surface area contributed by atoms with Gasteiger partial charge in [0.25, 0.3) is 0 Å². The number of rotatable bonds is 2. The van der Waals surface area contributed by atoms with Crippen molar-refractivity contribution in [3.8, 4) is 0 Å². The molecule has 0 N–H and O–H groups in total. The van der Waals surface area contributed by atoms with Crippen LogP contribution < -0.4 is 0 Å². The first-order valence-corrected chi connectivity index (χ1v) is 4.86. The largest absolute Gasteiger partial charge is 0.123 e. The molecule has 0 heterocycles. The first kappa shape index (κ1) is 6.53. The van der Waals surface area contributed by atoms with Gasteiger partial charge in [0.1, 0.15) is 0 Å². The fourth-order valence-corrected chi connectivity index (χ4v) is 2.20. The van der Waals surface area contributed by atoms with Crippen LogP contribution in [0.15, 0.2) is 23.1 Å². The molecule has 54 valence electrons. The van der Waals surface area contributed by atoms with Crippen molar-refractivity contribution in [3.63, 3.8) is 0 Å². The number of hydrogen-bond donors (Lipinski definition) is 0. The molecule has 2 rings (SSSR count). The highest BCUT2D eigenvalue weighted by atomic mass is 32.2. The van der Waals surface area contributed by atoms with E-state index >= 15 is 0 Å². The van der Waals surface area contributed by atoms with Gasteiger partial charge in [-0.05, 0) is 25.7 Å². The van der Waals surface area contributed by atoms with E-state index in [-0.39, 0.29) is 0 Å². The van der Waals surface area contributed by atoms with E-state index in [0.717, 1.165) is 5.25 Å². The lowest BCUT2D eigenvalue weighted by molar-refractivity contribution is 1.03. The molecule has 0 bridgehead atoms. The normalized spacial score (nSPS) is 24.6. The molecular weight excluding hydrogens is 140 g/mol. The molecule has 0 aliphatic heterocycles. The summed E-state index contributed by atoms with van der Waals surface area (Å²) in [5.41, 5.74) is 0. The van der Waals surface area contributed by atoms with Crippen molar-refractivity contribution >= 4 is 11.8 Å². The average molecular weight is 152 g/mol. The van der Waals surface area contributed by atoms with Crippen LogP contribution >= 0.6 is 11.8 Å². The summed E-state index contributed by atoms with van der Waals surface area (Å²) in [5.74, 6) is 0. The van der Waals surface area contributed by atoms with Crippen molar-refractivity contribution in [2.24, 2.45) is 0 Å². The predicted molar refractivity (Wildman–Crippen MR) is 47.1 cm³/mol. The maximum absolute atomic E-state index is 2.36. The van der Waals surface area contributed by atoms with Gasteiger partial charge in [-0.1, -0.05) is 18.2 Å². The highest BCUT2D eigenvalue weighted by Gasteiger charge is 2.22. The first-order valence-electron chi connectivity index (χ1n) is 3.98. The molecule has 1 saturated carbocycles. The van der Waals surface area contributed by atoms with E-state index in [2.05, 4.69) is 30.0 Å². The summed E-state index contributed by atoms with van der Waals surface area (Å²) in [6.07, 6.45) is 12.3. The van der Waals surface area contributed by atoms with Crippen LogP contribution in [-0.4, -0.2) is 5.25 Å². The van der Waals surface area contributed by atoms with Crippen molar-refractivity contribution < 1.29 is 0 Å². The van der Waals surface area contributed by atoms with Gasteiger partial charge in [0, 0.05) is 10.2 Å². The monoisotopic (exact) mass is 152 g/mol. The molecule has 2 aliphatic carbocycles. The Labute approximate surface area is 66.4 Å². The van der Waals surface area contributed by atoms with Gasteiger partial charge in [-0.25, -0.2) is 0 Å². The standard InChI is InChI=1S/C9H12S/c1-2-4-8(5-3-1)10-9-6-7-9/h2,4-5,9H,1,3,6-7H2. The Kier molecular flexibility index (Phi) is 1.85. The Balaban J connectivity index is 1.89. The van der Waals surface area contributed by atoms with E-state index < -0.39 is 0 Å². The Morgan fingerprint density at radius 2 is 2.20 bits per heavy atom. The molecule has 1 fully saturated rings. The van der Waals surface area contributed by atoms with E-state index in [0.29, 0.717) is 0 Å². The van der Waals surface area contributed by atoms with E-state index in [1.807, 2.05) is 0 Å². The molecule has 0 saturated heterocycles. The van der Waals surface area contributed by atoms with Gasteiger partial charge in [0.2, 0.25) is 0 Å². The summed E-state index contributed by atoms with van der Waals surface area (Å²) in [6, 6.07) is 0. The highest BCUT2D eigenvalue weighted by molar-refractivity contribution is 8.04. The minimum absolute atomic E-state index is 0.967. The Hall–Kier alpha value is -0.170. The van der Waals surface area contributed by atoms with Crippen LogP contribution in [0.25, 0.3) is 0 Å². The predicted octanol–water partition coefficient (Wildman–Crippen LogP) is 3.12. The molecule has 0 aromatic rings. The molecule has 0 aromatic heterocycles. The minimum Gasteiger partial charge on any atom is -0.123 e. The molecular formula is C9H12S. The smallest absolute Gasteiger partial charge is 0.00950 e.